The number of nitrogens with one attached hydrogen (secondary N) is 3. The third-order valence-electron chi connectivity index (χ3n) is 5.27. The first kappa shape index (κ1) is 36.4. The van der Waals surface area contributed by atoms with Gasteiger partial charge in [0.25, 0.3) is 5.91 Å². The molecule has 0 fully saturated rings. The topological polar surface area (TPSA) is 175 Å². The lowest BCUT2D eigenvalue weighted by Crippen LogP contribution is -2.53. The van der Waals surface area contributed by atoms with Crippen LogP contribution in [0.4, 0.5) is 0 Å². The van der Waals surface area contributed by atoms with Crippen molar-refractivity contribution in [1.29, 1.82) is 0 Å². The summed E-state index contributed by atoms with van der Waals surface area (Å²) in [6, 6.07) is 1.56. The molecule has 0 radical (unpaired) electrons. The first-order chi connectivity index (χ1) is 18.1. The number of carbonyl (C=O) groups excluding carboxylic acids is 3. The molecule has 1 aromatic rings. The largest absolute Gasteiger partial charge is 0.390 e. The number of nitrogens with zero attached hydrogens (tertiary/aromatic N) is 1. The highest BCUT2D eigenvalue weighted by atomic mass is 32.2. The molecule has 12 heteroatoms. The number of pyridine rings is 1. The first-order valence-corrected chi connectivity index (χ1v) is 15.3. The summed E-state index contributed by atoms with van der Waals surface area (Å²) in [4.78, 5) is 41.3. The summed E-state index contributed by atoms with van der Waals surface area (Å²) in [6.07, 6.45) is 0.832. The van der Waals surface area contributed by atoms with Crippen molar-refractivity contribution in [1.82, 2.24) is 20.9 Å². The molecule has 0 saturated heterocycles. The third kappa shape index (κ3) is 16.2. The Hall–Kier alpha value is -2.57. The minimum absolute atomic E-state index is 0.139. The molecule has 11 nitrogen and oxygen atoms in total. The zero-order chi connectivity index (χ0) is 30.2. The predicted molar refractivity (Wildman–Crippen MR) is 152 cm³/mol. The summed E-state index contributed by atoms with van der Waals surface area (Å²) in [6.45, 7) is 13.6. The Kier molecular flexibility index (Phi) is 17.4. The number of rotatable bonds is 15. The number of hydrogen-bond acceptors (Lipinski definition) is 8. The summed E-state index contributed by atoms with van der Waals surface area (Å²) in [5, 5.41) is 28.1. The Bertz CT molecular complexity index is 969. The van der Waals surface area contributed by atoms with Gasteiger partial charge in [-0.2, -0.15) is 0 Å². The normalized spacial score (nSPS) is 14.4. The Labute approximate surface area is 233 Å². The van der Waals surface area contributed by atoms with Crippen molar-refractivity contribution in [3.63, 3.8) is 0 Å². The lowest BCUT2D eigenvalue weighted by molar-refractivity contribution is -0.131. The van der Waals surface area contributed by atoms with Crippen LogP contribution in [0.15, 0.2) is 24.5 Å². The summed E-state index contributed by atoms with van der Waals surface area (Å²) in [5.74, 6) is -2.64. The lowest BCUT2D eigenvalue weighted by Gasteiger charge is -2.25. The van der Waals surface area contributed by atoms with E-state index in [0.717, 1.165) is 5.92 Å². The lowest BCUT2D eigenvalue weighted by atomic mass is 9.98. The number of aliphatic hydroxyl groups is 2. The summed E-state index contributed by atoms with van der Waals surface area (Å²) >= 11 is 0. The van der Waals surface area contributed by atoms with Crippen LogP contribution in [0, 0.1) is 17.8 Å². The molecule has 0 saturated carbocycles. The van der Waals surface area contributed by atoms with Crippen LogP contribution in [0.25, 0.3) is 0 Å². The van der Waals surface area contributed by atoms with E-state index >= 15 is 0 Å². The molecule has 0 spiro atoms. The van der Waals surface area contributed by atoms with E-state index in [4.69, 9.17) is 0 Å². The molecule has 1 heterocycles. The maximum absolute atomic E-state index is 12.8. The number of aliphatic hydroxyl groups excluding tert-OH is 2. The molecule has 1 aromatic heterocycles. The molecule has 0 aromatic carbocycles. The maximum Gasteiger partial charge on any atom is 0.253 e. The van der Waals surface area contributed by atoms with E-state index in [1.165, 1.54) is 31.5 Å². The first-order valence-electron chi connectivity index (χ1n) is 13.4. The predicted octanol–water partition coefficient (Wildman–Crippen LogP) is 1.30. The highest BCUT2D eigenvalue weighted by molar-refractivity contribution is 7.91. The van der Waals surface area contributed by atoms with Crippen LogP contribution >= 0.6 is 0 Å². The minimum atomic E-state index is -3.66. The standard InChI is InChI=1S/C23H38N4O7S.C4H10/c1-5-6-10-35(33,34)14-18(27-22(31)17-8-7-9-24-12-17)23(32)26-13-19(28)20(29)16(4)21(30)25-11-15(2)3;1-4(2)3/h7-9,12,15-16,18-20,28-29H,5-6,10-11,13-14H2,1-4H3,(H,25,30)(H,26,32)(H,27,31);4H,1-3H3. The summed E-state index contributed by atoms with van der Waals surface area (Å²) in [5.41, 5.74) is 0.146. The van der Waals surface area contributed by atoms with Gasteiger partial charge in [-0.25, -0.2) is 8.42 Å². The second-order valence-electron chi connectivity index (χ2n) is 10.7. The Balaban J connectivity index is 0.00000336. The van der Waals surface area contributed by atoms with Crippen LogP contribution in [0.5, 0.6) is 0 Å². The zero-order valence-corrected chi connectivity index (χ0v) is 25.1. The van der Waals surface area contributed by atoms with Gasteiger partial charge in [0, 0.05) is 25.5 Å². The summed E-state index contributed by atoms with van der Waals surface area (Å²) < 4.78 is 24.9. The Morgan fingerprint density at radius 2 is 1.56 bits per heavy atom. The highest BCUT2D eigenvalue weighted by Gasteiger charge is 2.31. The van der Waals surface area contributed by atoms with Crippen molar-refractivity contribution in [3.8, 4) is 0 Å². The molecule has 0 aliphatic rings. The van der Waals surface area contributed by atoms with Gasteiger partial charge in [-0.1, -0.05) is 54.9 Å². The van der Waals surface area contributed by atoms with Gasteiger partial charge in [0.05, 0.1) is 35.2 Å². The SMILES string of the molecule is CC(C)C.CCCCS(=O)(=O)CC(NC(=O)c1cccnc1)C(=O)NCC(O)C(O)C(C)C(=O)NCC(C)C. The van der Waals surface area contributed by atoms with Crippen molar-refractivity contribution < 1.29 is 33.0 Å². The minimum Gasteiger partial charge on any atom is -0.390 e. The van der Waals surface area contributed by atoms with E-state index in [1.54, 1.807) is 0 Å². The number of hydrogen-bond donors (Lipinski definition) is 5. The quantitative estimate of drug-likeness (QED) is 0.209. The van der Waals surface area contributed by atoms with Crippen LogP contribution in [0.2, 0.25) is 0 Å². The van der Waals surface area contributed by atoms with Gasteiger partial charge >= 0.3 is 0 Å². The average Bonchev–Trinajstić information content (AvgIpc) is 2.87. The molecular formula is C27H48N4O7S. The monoisotopic (exact) mass is 572 g/mol. The molecule has 0 aliphatic carbocycles. The number of sulfone groups is 1. The molecule has 1 rings (SSSR count). The van der Waals surface area contributed by atoms with E-state index in [1.807, 2.05) is 20.8 Å². The van der Waals surface area contributed by atoms with Gasteiger partial charge in [-0.15, -0.1) is 0 Å². The highest BCUT2D eigenvalue weighted by Crippen LogP contribution is 2.09. The fourth-order valence-electron chi connectivity index (χ4n) is 3.03. The maximum atomic E-state index is 12.8. The molecule has 4 atom stereocenters. The average molecular weight is 573 g/mol. The number of carbonyl (C=O) groups is 3. The van der Waals surface area contributed by atoms with Crippen molar-refractivity contribution in [3.05, 3.63) is 30.1 Å². The Morgan fingerprint density at radius 1 is 0.974 bits per heavy atom. The fourth-order valence-corrected chi connectivity index (χ4v) is 4.66. The fraction of sp³-hybridized carbons (Fsp3) is 0.704. The van der Waals surface area contributed by atoms with Gasteiger partial charge < -0.3 is 26.2 Å². The number of amides is 3. The van der Waals surface area contributed by atoms with Crippen molar-refractivity contribution in [2.24, 2.45) is 17.8 Å². The van der Waals surface area contributed by atoms with Gasteiger partial charge in [0.2, 0.25) is 11.8 Å². The van der Waals surface area contributed by atoms with Crippen molar-refractivity contribution in [2.45, 2.75) is 79.6 Å². The Morgan fingerprint density at radius 3 is 2.08 bits per heavy atom. The molecule has 5 N–H and O–H groups in total. The van der Waals surface area contributed by atoms with Crippen LogP contribution in [0.1, 0.15) is 71.7 Å². The second kappa shape index (κ2) is 18.7. The molecule has 224 valence electrons. The molecule has 4 unspecified atom stereocenters. The van der Waals surface area contributed by atoms with Crippen LogP contribution < -0.4 is 16.0 Å². The van der Waals surface area contributed by atoms with E-state index in [9.17, 15) is 33.0 Å². The van der Waals surface area contributed by atoms with Gasteiger partial charge in [-0.3, -0.25) is 19.4 Å². The van der Waals surface area contributed by atoms with Crippen LogP contribution in [0.3, 0.4) is 0 Å². The van der Waals surface area contributed by atoms with Crippen molar-refractivity contribution >= 4 is 27.6 Å². The molecular weight excluding hydrogens is 524 g/mol. The van der Waals surface area contributed by atoms with E-state index in [2.05, 4.69) is 41.7 Å². The molecule has 0 bridgehead atoms. The molecule has 3 amide bonds. The van der Waals surface area contributed by atoms with Crippen LogP contribution in [-0.2, 0) is 19.4 Å². The molecule has 39 heavy (non-hydrogen) atoms. The molecule has 0 aliphatic heterocycles. The number of aromatic nitrogens is 1. The number of unbranched alkanes of at least 4 members (excludes halogenated alkanes) is 1. The second-order valence-corrected chi connectivity index (χ2v) is 12.9. The smallest absolute Gasteiger partial charge is 0.253 e. The van der Waals surface area contributed by atoms with Crippen LogP contribution in [-0.4, -0.2) is 84.2 Å². The zero-order valence-electron chi connectivity index (χ0n) is 24.3. The van der Waals surface area contributed by atoms with E-state index < -0.39 is 64.0 Å². The third-order valence-corrected chi connectivity index (χ3v) is 7.02. The van der Waals surface area contributed by atoms with Gasteiger partial charge in [0.15, 0.2) is 9.84 Å². The van der Waals surface area contributed by atoms with E-state index in [-0.39, 0.29) is 17.2 Å². The summed E-state index contributed by atoms with van der Waals surface area (Å²) in [7, 11) is -3.66. The van der Waals surface area contributed by atoms with Gasteiger partial charge in [0.1, 0.15) is 6.04 Å². The van der Waals surface area contributed by atoms with Crippen molar-refractivity contribution in [2.75, 3.05) is 24.6 Å². The van der Waals surface area contributed by atoms with Gasteiger partial charge in [-0.05, 0) is 30.4 Å². The van der Waals surface area contributed by atoms with E-state index in [0.29, 0.717) is 19.4 Å².